The summed E-state index contributed by atoms with van der Waals surface area (Å²) in [5.41, 5.74) is 3.78. The number of hydrogen-bond acceptors (Lipinski definition) is 2. The molecule has 1 unspecified atom stereocenters. The molecule has 0 N–H and O–H groups in total. The Kier molecular flexibility index (Phi) is 5.40. The van der Waals surface area contributed by atoms with Gasteiger partial charge in [0.25, 0.3) is 0 Å². The second-order valence-corrected chi connectivity index (χ2v) is 5.66. The number of para-hydroxylation sites is 1. The Bertz CT molecular complexity index is 612. The predicted octanol–water partition coefficient (Wildman–Crippen LogP) is 4.15. The minimum atomic E-state index is 0.402. The van der Waals surface area contributed by atoms with E-state index in [1.807, 2.05) is 18.2 Å². The quantitative estimate of drug-likeness (QED) is 0.777. The van der Waals surface area contributed by atoms with Gasteiger partial charge >= 0.3 is 0 Å². The monoisotopic (exact) mass is 301 g/mol. The average molecular weight is 302 g/mol. The van der Waals surface area contributed by atoms with Crippen LogP contribution in [0.25, 0.3) is 0 Å². The molecule has 2 aromatic carbocycles. The zero-order valence-corrected chi connectivity index (χ0v) is 13.2. The van der Waals surface area contributed by atoms with Gasteiger partial charge < -0.3 is 9.69 Å². The van der Waals surface area contributed by atoms with Crippen LogP contribution in [0.5, 0.6) is 0 Å². The van der Waals surface area contributed by atoms with E-state index in [2.05, 4.69) is 43.1 Å². The zero-order valence-electron chi connectivity index (χ0n) is 12.4. The fourth-order valence-electron chi connectivity index (χ4n) is 2.47. The molecule has 0 spiro atoms. The van der Waals surface area contributed by atoms with Gasteiger partial charge in [-0.25, -0.2) is 0 Å². The second kappa shape index (κ2) is 7.28. The molecule has 1 atom stereocenters. The molecule has 3 rings (SSSR count). The van der Waals surface area contributed by atoms with E-state index in [1.165, 1.54) is 17.7 Å². The minimum Gasteiger partial charge on any atom is -0.371 e. The zero-order chi connectivity index (χ0) is 15.2. The minimum absolute atomic E-state index is 0.402. The van der Waals surface area contributed by atoms with Crippen molar-refractivity contribution in [2.45, 2.75) is 25.8 Å². The highest BCUT2D eigenvalue weighted by Crippen LogP contribution is 2.29. The molecule has 0 aromatic heterocycles. The van der Waals surface area contributed by atoms with Gasteiger partial charge in [-0.15, -0.1) is 0 Å². The third kappa shape index (κ3) is 3.85. The van der Waals surface area contributed by atoms with Crippen molar-refractivity contribution in [1.82, 2.24) is 0 Å². The smallest absolute Gasteiger partial charge is 0.124 e. The fourth-order valence-corrected chi connectivity index (χ4v) is 2.69. The summed E-state index contributed by atoms with van der Waals surface area (Å²) in [7, 11) is 2.16. The summed E-state index contributed by atoms with van der Waals surface area (Å²) >= 11 is 5.74. The van der Waals surface area contributed by atoms with E-state index >= 15 is 0 Å². The van der Waals surface area contributed by atoms with Gasteiger partial charge in [0.15, 0.2) is 0 Å². The summed E-state index contributed by atoms with van der Waals surface area (Å²) < 4.78 is 0. The number of aldehydes is 1. The van der Waals surface area contributed by atoms with Crippen LogP contribution >= 0.6 is 11.6 Å². The highest BCUT2D eigenvalue weighted by atomic mass is 35.5. The number of fused-ring (bicyclic) bond motifs is 1. The lowest BCUT2D eigenvalue weighted by Crippen LogP contribution is -2.23. The van der Waals surface area contributed by atoms with Crippen molar-refractivity contribution in [3.63, 3.8) is 0 Å². The SMILES string of the molecule is CC1Cc2ccccc2N1C.O=CCc1ccccc1Cl. The number of carbonyl (C=O) groups excluding carboxylic acids is 1. The van der Waals surface area contributed by atoms with E-state index in [0.29, 0.717) is 17.5 Å². The Hall–Kier alpha value is -1.80. The molecule has 2 nitrogen and oxygen atoms in total. The summed E-state index contributed by atoms with van der Waals surface area (Å²) in [6.45, 7) is 2.26. The van der Waals surface area contributed by atoms with Crippen molar-refractivity contribution in [2.24, 2.45) is 0 Å². The van der Waals surface area contributed by atoms with Crippen molar-refractivity contribution in [1.29, 1.82) is 0 Å². The van der Waals surface area contributed by atoms with Crippen LogP contribution in [-0.4, -0.2) is 19.4 Å². The maximum Gasteiger partial charge on any atom is 0.124 e. The van der Waals surface area contributed by atoms with Crippen LogP contribution in [0.2, 0.25) is 5.02 Å². The second-order valence-electron chi connectivity index (χ2n) is 5.25. The molecular weight excluding hydrogens is 282 g/mol. The first-order valence-corrected chi connectivity index (χ1v) is 7.49. The molecule has 0 radical (unpaired) electrons. The van der Waals surface area contributed by atoms with Crippen molar-refractivity contribution < 1.29 is 4.79 Å². The normalized spacial score (nSPS) is 16.0. The Morgan fingerprint density at radius 3 is 2.52 bits per heavy atom. The van der Waals surface area contributed by atoms with Crippen molar-refractivity contribution >= 4 is 23.6 Å². The van der Waals surface area contributed by atoms with E-state index in [0.717, 1.165) is 11.8 Å². The first kappa shape index (κ1) is 15.6. The van der Waals surface area contributed by atoms with Gasteiger partial charge in [0, 0.05) is 30.2 Å². The largest absolute Gasteiger partial charge is 0.371 e. The molecule has 21 heavy (non-hydrogen) atoms. The third-order valence-corrected chi connectivity index (χ3v) is 4.18. The molecular formula is C18H20ClNO. The molecule has 0 saturated heterocycles. The Labute approximate surface area is 131 Å². The molecule has 0 fully saturated rings. The summed E-state index contributed by atoms with van der Waals surface area (Å²) in [4.78, 5) is 12.4. The maximum absolute atomic E-state index is 10.1. The molecule has 1 heterocycles. The van der Waals surface area contributed by atoms with Gasteiger partial charge in [0.2, 0.25) is 0 Å². The lowest BCUT2D eigenvalue weighted by molar-refractivity contribution is -0.107. The van der Waals surface area contributed by atoms with Crippen molar-refractivity contribution in [2.75, 3.05) is 11.9 Å². The number of anilines is 1. The highest BCUT2D eigenvalue weighted by Gasteiger charge is 2.21. The molecule has 110 valence electrons. The van der Waals surface area contributed by atoms with Crippen LogP contribution in [0.1, 0.15) is 18.1 Å². The van der Waals surface area contributed by atoms with Crippen LogP contribution in [0, 0.1) is 0 Å². The third-order valence-electron chi connectivity index (χ3n) is 3.81. The van der Waals surface area contributed by atoms with Gasteiger partial charge in [0.1, 0.15) is 6.29 Å². The van der Waals surface area contributed by atoms with Gasteiger partial charge in [-0.1, -0.05) is 48.0 Å². The van der Waals surface area contributed by atoms with Crippen LogP contribution in [0.3, 0.4) is 0 Å². The highest BCUT2D eigenvalue weighted by molar-refractivity contribution is 6.31. The average Bonchev–Trinajstić information content (AvgIpc) is 2.78. The number of hydrogen-bond donors (Lipinski definition) is 0. The lowest BCUT2D eigenvalue weighted by atomic mass is 10.1. The van der Waals surface area contributed by atoms with Crippen LogP contribution in [0.4, 0.5) is 5.69 Å². The summed E-state index contributed by atoms with van der Waals surface area (Å²) in [6, 6.07) is 16.6. The molecule has 3 heteroatoms. The first-order chi connectivity index (χ1) is 10.1. The van der Waals surface area contributed by atoms with E-state index in [-0.39, 0.29) is 0 Å². The van der Waals surface area contributed by atoms with Crippen LogP contribution in [-0.2, 0) is 17.6 Å². The first-order valence-electron chi connectivity index (χ1n) is 7.11. The molecule has 1 aliphatic rings. The number of carbonyl (C=O) groups is 1. The van der Waals surface area contributed by atoms with Crippen LogP contribution in [0.15, 0.2) is 48.5 Å². The van der Waals surface area contributed by atoms with Crippen molar-refractivity contribution in [3.05, 3.63) is 64.7 Å². The molecule has 2 aromatic rings. The van der Waals surface area contributed by atoms with Gasteiger partial charge in [0.05, 0.1) is 0 Å². The number of likely N-dealkylation sites (N-methyl/N-ethyl adjacent to an activating group) is 1. The van der Waals surface area contributed by atoms with Gasteiger partial charge in [-0.3, -0.25) is 0 Å². The molecule has 0 bridgehead atoms. The fraction of sp³-hybridized carbons (Fsp3) is 0.278. The maximum atomic E-state index is 10.1. The number of benzene rings is 2. The lowest BCUT2D eigenvalue weighted by Gasteiger charge is -2.17. The number of halogens is 1. The molecule has 0 amide bonds. The van der Waals surface area contributed by atoms with E-state index in [1.54, 1.807) is 6.07 Å². The summed E-state index contributed by atoms with van der Waals surface area (Å²) in [5.74, 6) is 0. The number of nitrogens with zero attached hydrogens (tertiary/aromatic N) is 1. The molecule has 0 saturated carbocycles. The Morgan fingerprint density at radius 1 is 1.19 bits per heavy atom. The van der Waals surface area contributed by atoms with E-state index < -0.39 is 0 Å². The van der Waals surface area contributed by atoms with Gasteiger partial charge in [-0.2, -0.15) is 0 Å². The van der Waals surface area contributed by atoms with Crippen molar-refractivity contribution in [3.8, 4) is 0 Å². The summed E-state index contributed by atoms with van der Waals surface area (Å²) in [6.07, 6.45) is 2.45. The van der Waals surface area contributed by atoms with Crippen LogP contribution < -0.4 is 4.90 Å². The molecule has 1 aliphatic heterocycles. The van der Waals surface area contributed by atoms with E-state index in [4.69, 9.17) is 11.6 Å². The Balaban J connectivity index is 0.000000155. The topological polar surface area (TPSA) is 20.3 Å². The number of rotatable bonds is 2. The predicted molar refractivity (Wildman–Crippen MR) is 89.2 cm³/mol. The molecule has 0 aliphatic carbocycles. The standard InChI is InChI=1S/C10H13N.C8H7ClO/c1-8-7-9-5-3-4-6-10(9)11(8)2;9-8-4-2-1-3-7(8)5-6-10/h3-6,8H,7H2,1-2H3;1-4,6H,5H2. The Morgan fingerprint density at radius 2 is 1.86 bits per heavy atom. The van der Waals surface area contributed by atoms with Gasteiger partial charge in [-0.05, 0) is 36.6 Å². The summed E-state index contributed by atoms with van der Waals surface area (Å²) in [5, 5.41) is 0.662. The van der Waals surface area contributed by atoms with E-state index in [9.17, 15) is 4.79 Å².